The largest absolute Gasteiger partial charge is 0.352 e. The Morgan fingerprint density at radius 2 is 1.82 bits per heavy atom. The molecular weight excluding hydrogens is 354 g/mol. The van der Waals surface area contributed by atoms with Gasteiger partial charge in [-0.2, -0.15) is 0 Å². The zero-order chi connectivity index (χ0) is 20.3. The van der Waals surface area contributed by atoms with Crippen molar-refractivity contribution < 1.29 is 9.59 Å². The van der Waals surface area contributed by atoms with Crippen LogP contribution in [0.4, 0.5) is 0 Å². The van der Waals surface area contributed by atoms with Gasteiger partial charge in [-0.3, -0.25) is 14.4 Å². The van der Waals surface area contributed by atoms with Crippen molar-refractivity contribution in [1.29, 1.82) is 0 Å². The van der Waals surface area contributed by atoms with E-state index in [0.29, 0.717) is 31.1 Å². The lowest BCUT2D eigenvalue weighted by atomic mass is 9.96. The third-order valence-electron chi connectivity index (χ3n) is 5.43. The molecule has 1 aromatic carbocycles. The predicted octanol–water partition coefficient (Wildman–Crippen LogP) is 2.28. The summed E-state index contributed by atoms with van der Waals surface area (Å²) in [5, 5.41) is 3.03. The molecule has 28 heavy (non-hydrogen) atoms. The van der Waals surface area contributed by atoms with E-state index in [1.54, 1.807) is 30.3 Å². The van der Waals surface area contributed by atoms with Gasteiger partial charge in [0, 0.05) is 38.4 Å². The number of benzene rings is 1. The van der Waals surface area contributed by atoms with Gasteiger partial charge < -0.3 is 14.8 Å². The van der Waals surface area contributed by atoms with Crippen LogP contribution in [0.2, 0.25) is 0 Å². The minimum absolute atomic E-state index is 0.0520. The number of likely N-dealkylation sites (tertiary alicyclic amines) is 1. The Kier molecular flexibility index (Phi) is 5.97. The quantitative estimate of drug-likeness (QED) is 0.883. The molecule has 6 nitrogen and oxygen atoms in total. The first-order chi connectivity index (χ1) is 13.4. The van der Waals surface area contributed by atoms with E-state index in [1.165, 1.54) is 4.57 Å². The first kappa shape index (κ1) is 19.9. The summed E-state index contributed by atoms with van der Waals surface area (Å²) in [5.74, 6) is 0.0696. The summed E-state index contributed by atoms with van der Waals surface area (Å²) >= 11 is 0. The second-order valence-electron chi connectivity index (χ2n) is 7.60. The highest BCUT2D eigenvalue weighted by Crippen LogP contribution is 2.18. The molecular formula is C22H27N3O3. The highest BCUT2D eigenvalue weighted by atomic mass is 16.2. The molecule has 1 fully saturated rings. The van der Waals surface area contributed by atoms with Gasteiger partial charge in [0.15, 0.2) is 0 Å². The molecule has 1 aliphatic rings. The molecule has 2 amide bonds. The lowest BCUT2D eigenvalue weighted by Crippen LogP contribution is -2.43. The van der Waals surface area contributed by atoms with Crippen molar-refractivity contribution in [3.63, 3.8) is 0 Å². The third-order valence-corrected chi connectivity index (χ3v) is 5.43. The lowest BCUT2D eigenvalue weighted by molar-refractivity contribution is 0.0682. The van der Waals surface area contributed by atoms with Gasteiger partial charge in [0.25, 0.3) is 17.4 Å². The van der Waals surface area contributed by atoms with E-state index in [0.717, 1.165) is 24.0 Å². The van der Waals surface area contributed by atoms with Crippen LogP contribution in [0.1, 0.15) is 44.7 Å². The predicted molar refractivity (Wildman–Crippen MR) is 109 cm³/mol. The number of nitrogens with one attached hydrogen (secondary N) is 1. The first-order valence-corrected chi connectivity index (χ1v) is 9.67. The molecule has 1 saturated heterocycles. The van der Waals surface area contributed by atoms with Crippen LogP contribution in [0.5, 0.6) is 0 Å². The normalized spacial score (nSPS) is 14.8. The summed E-state index contributed by atoms with van der Waals surface area (Å²) in [4.78, 5) is 39.0. The van der Waals surface area contributed by atoms with Crippen molar-refractivity contribution >= 4 is 11.8 Å². The zero-order valence-electron chi connectivity index (χ0n) is 16.7. The number of pyridine rings is 1. The maximum absolute atomic E-state index is 12.6. The Labute approximate surface area is 165 Å². The number of nitrogens with zero attached hydrogens (tertiary/aromatic N) is 2. The molecule has 0 spiro atoms. The van der Waals surface area contributed by atoms with Gasteiger partial charge in [-0.25, -0.2) is 0 Å². The number of hydrogen-bond donors (Lipinski definition) is 1. The van der Waals surface area contributed by atoms with E-state index < -0.39 is 0 Å². The molecule has 0 bridgehead atoms. The lowest BCUT2D eigenvalue weighted by Gasteiger charge is -2.32. The van der Waals surface area contributed by atoms with Crippen LogP contribution in [-0.2, 0) is 7.05 Å². The highest BCUT2D eigenvalue weighted by Gasteiger charge is 2.25. The highest BCUT2D eigenvalue weighted by molar-refractivity contribution is 5.95. The van der Waals surface area contributed by atoms with E-state index in [2.05, 4.69) is 5.32 Å². The number of aryl methyl sites for hydroxylation is 3. The van der Waals surface area contributed by atoms with E-state index in [4.69, 9.17) is 0 Å². The van der Waals surface area contributed by atoms with Crippen LogP contribution in [0.3, 0.4) is 0 Å². The van der Waals surface area contributed by atoms with Gasteiger partial charge >= 0.3 is 0 Å². The van der Waals surface area contributed by atoms with Gasteiger partial charge in [-0.1, -0.05) is 17.7 Å². The molecule has 1 aromatic heterocycles. The Morgan fingerprint density at radius 3 is 2.50 bits per heavy atom. The number of rotatable bonds is 4. The van der Waals surface area contributed by atoms with Crippen molar-refractivity contribution in [1.82, 2.24) is 14.8 Å². The summed E-state index contributed by atoms with van der Waals surface area (Å²) in [6.45, 7) is 5.75. The van der Waals surface area contributed by atoms with Gasteiger partial charge in [-0.05, 0) is 56.4 Å². The fourth-order valence-electron chi connectivity index (χ4n) is 3.67. The average Bonchev–Trinajstić information content (AvgIpc) is 2.68. The third kappa shape index (κ3) is 4.32. The molecule has 1 aliphatic heterocycles. The number of hydrogen-bond acceptors (Lipinski definition) is 3. The Bertz CT molecular complexity index is 940. The van der Waals surface area contributed by atoms with Crippen LogP contribution in [0.15, 0.2) is 41.3 Å². The van der Waals surface area contributed by atoms with Crippen LogP contribution in [-0.4, -0.2) is 40.9 Å². The number of aromatic nitrogens is 1. The second kappa shape index (κ2) is 8.42. The van der Waals surface area contributed by atoms with Gasteiger partial charge in [0.05, 0.1) is 0 Å². The Morgan fingerprint density at radius 1 is 1.11 bits per heavy atom. The summed E-state index contributed by atoms with van der Waals surface area (Å²) in [6.07, 6.45) is 3.27. The zero-order valence-corrected chi connectivity index (χ0v) is 16.7. The molecule has 0 aliphatic carbocycles. The summed E-state index contributed by atoms with van der Waals surface area (Å²) < 4.78 is 1.42. The standard InChI is InChI=1S/C22H27N3O3/c1-15-6-7-18(16(2)13-15)20(26)23-14-17-8-11-25(12-9-17)22(28)19-5-4-10-24(3)21(19)27/h4-7,10,13,17H,8-9,11-12,14H2,1-3H3,(H,23,26). The van der Waals surface area contributed by atoms with Crippen molar-refractivity contribution in [2.75, 3.05) is 19.6 Å². The number of carbonyl (C=O) groups is 2. The first-order valence-electron chi connectivity index (χ1n) is 9.67. The smallest absolute Gasteiger partial charge is 0.263 e. The molecule has 2 heterocycles. The summed E-state index contributed by atoms with van der Waals surface area (Å²) in [5.41, 5.74) is 2.77. The van der Waals surface area contributed by atoms with Crippen molar-refractivity contribution in [3.8, 4) is 0 Å². The minimum atomic E-state index is -0.268. The number of piperidine rings is 1. The van der Waals surface area contributed by atoms with E-state index in [1.807, 2.05) is 32.0 Å². The molecule has 1 N–H and O–H groups in total. The van der Waals surface area contributed by atoms with Crippen molar-refractivity contribution in [2.24, 2.45) is 13.0 Å². The Hall–Kier alpha value is -2.89. The molecule has 2 aromatic rings. The molecule has 0 saturated carbocycles. The SMILES string of the molecule is Cc1ccc(C(=O)NCC2CCN(C(=O)c3cccn(C)c3=O)CC2)c(C)c1. The summed E-state index contributed by atoms with van der Waals surface area (Å²) in [6, 6.07) is 9.11. The van der Waals surface area contributed by atoms with Crippen LogP contribution in [0.25, 0.3) is 0 Å². The molecule has 148 valence electrons. The van der Waals surface area contributed by atoms with Crippen LogP contribution in [0, 0.1) is 19.8 Å². The Balaban J connectivity index is 1.53. The van der Waals surface area contributed by atoms with Crippen molar-refractivity contribution in [3.05, 3.63) is 69.1 Å². The molecule has 3 rings (SSSR count). The summed E-state index contributed by atoms with van der Waals surface area (Å²) in [7, 11) is 1.64. The van der Waals surface area contributed by atoms with Gasteiger partial charge in [0.1, 0.15) is 5.56 Å². The molecule has 0 unspecified atom stereocenters. The molecule has 0 radical (unpaired) electrons. The number of carbonyl (C=O) groups excluding carboxylic acids is 2. The maximum atomic E-state index is 12.6. The monoisotopic (exact) mass is 381 g/mol. The maximum Gasteiger partial charge on any atom is 0.263 e. The molecule has 6 heteroatoms. The van der Waals surface area contributed by atoms with Crippen molar-refractivity contribution in [2.45, 2.75) is 26.7 Å². The minimum Gasteiger partial charge on any atom is -0.352 e. The van der Waals surface area contributed by atoms with Gasteiger partial charge in [0.2, 0.25) is 0 Å². The second-order valence-corrected chi connectivity index (χ2v) is 7.60. The molecule has 0 atom stereocenters. The van der Waals surface area contributed by atoms with Gasteiger partial charge in [-0.15, -0.1) is 0 Å². The topological polar surface area (TPSA) is 71.4 Å². The van der Waals surface area contributed by atoms with Crippen LogP contribution < -0.4 is 10.9 Å². The van der Waals surface area contributed by atoms with E-state index in [9.17, 15) is 14.4 Å². The van der Waals surface area contributed by atoms with E-state index >= 15 is 0 Å². The fourth-order valence-corrected chi connectivity index (χ4v) is 3.67. The average molecular weight is 381 g/mol. The fraction of sp³-hybridized carbons (Fsp3) is 0.409. The van der Waals surface area contributed by atoms with Crippen LogP contribution >= 0.6 is 0 Å². The van der Waals surface area contributed by atoms with E-state index in [-0.39, 0.29) is 22.9 Å². The number of amides is 2.